The summed E-state index contributed by atoms with van der Waals surface area (Å²) in [5.74, 6) is 0. The van der Waals surface area contributed by atoms with E-state index in [1.54, 1.807) is 0 Å². The van der Waals surface area contributed by atoms with Gasteiger partial charge in [-0.15, -0.1) is 0 Å². The Labute approximate surface area is 377 Å². The van der Waals surface area contributed by atoms with E-state index in [1.165, 1.54) is 110 Å². The topological polar surface area (TPSA) is 17.8 Å². The minimum Gasteiger partial charge on any atom is -0.309 e. The predicted molar refractivity (Wildman–Crippen MR) is 277 cm³/mol. The summed E-state index contributed by atoms with van der Waals surface area (Å²) in [6.07, 6.45) is 10.6. The molecule has 2 aromatic heterocycles. The summed E-state index contributed by atoms with van der Waals surface area (Å²) >= 11 is 0. The average Bonchev–Trinajstić information content (AvgIpc) is 3.73. The number of para-hydroxylation sites is 1. The Kier molecular flexibility index (Phi) is 8.70. The number of benzene rings is 10. The lowest BCUT2D eigenvalue weighted by Crippen LogP contribution is -1.98. The summed E-state index contributed by atoms with van der Waals surface area (Å²) in [5, 5.41) is 12.6. The third kappa shape index (κ3) is 6.06. The van der Waals surface area contributed by atoms with E-state index in [-0.39, 0.29) is 0 Å². The number of aromatic nitrogens is 2. The van der Waals surface area contributed by atoms with Gasteiger partial charge in [-0.05, 0) is 142 Å². The summed E-state index contributed by atoms with van der Waals surface area (Å²) in [5.41, 5.74) is 16.3. The van der Waals surface area contributed by atoms with E-state index in [2.05, 4.69) is 228 Å². The number of pyridine rings is 1. The fourth-order valence-electron chi connectivity index (χ4n) is 10.8. The average molecular weight is 827 g/mol. The Bertz CT molecular complexity index is 3870. The van der Waals surface area contributed by atoms with Crippen LogP contribution in [0, 0.1) is 0 Å². The van der Waals surface area contributed by atoms with Crippen molar-refractivity contribution < 1.29 is 0 Å². The molecule has 0 bridgehead atoms. The summed E-state index contributed by atoms with van der Waals surface area (Å²) in [4.78, 5) is 4.58. The van der Waals surface area contributed by atoms with Gasteiger partial charge in [0.25, 0.3) is 0 Å². The molecule has 0 N–H and O–H groups in total. The highest BCUT2D eigenvalue weighted by Crippen LogP contribution is 2.47. The van der Waals surface area contributed by atoms with Gasteiger partial charge in [0.05, 0.1) is 11.0 Å². The van der Waals surface area contributed by atoms with Crippen LogP contribution in [0.15, 0.2) is 231 Å². The van der Waals surface area contributed by atoms with Gasteiger partial charge in [0.15, 0.2) is 0 Å². The molecule has 0 atom stereocenters. The maximum Gasteiger partial charge on any atom is 0.0572 e. The fraction of sp³-hybridized carbons (Fsp3) is 0.0317. The molecule has 0 spiro atoms. The lowest BCUT2D eigenvalue weighted by atomic mass is 9.81. The Morgan fingerprint density at radius 2 is 0.923 bits per heavy atom. The Hall–Kier alpha value is -8.33. The summed E-state index contributed by atoms with van der Waals surface area (Å²) in [7, 11) is 0. The first-order valence-electron chi connectivity index (χ1n) is 22.6. The Morgan fingerprint density at radius 1 is 0.354 bits per heavy atom. The van der Waals surface area contributed by atoms with Gasteiger partial charge in [-0.2, -0.15) is 0 Å². The highest BCUT2D eigenvalue weighted by Gasteiger charge is 2.22. The van der Waals surface area contributed by atoms with Crippen molar-refractivity contribution in [2.45, 2.75) is 12.8 Å². The second-order valence-electron chi connectivity index (χ2n) is 17.3. The van der Waals surface area contributed by atoms with Gasteiger partial charge in [0.1, 0.15) is 0 Å². The zero-order valence-corrected chi connectivity index (χ0v) is 35.7. The number of nitrogens with zero attached hydrogens (tertiary/aromatic N) is 2. The number of allylic oxidation sites excluding steroid dienone is 4. The highest BCUT2D eigenvalue weighted by atomic mass is 15.0. The van der Waals surface area contributed by atoms with E-state index in [0.717, 1.165) is 29.4 Å². The molecule has 0 saturated carbocycles. The molecule has 65 heavy (non-hydrogen) atoms. The van der Waals surface area contributed by atoms with Crippen molar-refractivity contribution in [1.29, 1.82) is 0 Å². The predicted octanol–water partition coefficient (Wildman–Crippen LogP) is 17.1. The quantitative estimate of drug-likeness (QED) is 0.153. The summed E-state index contributed by atoms with van der Waals surface area (Å²) < 4.78 is 2.35. The van der Waals surface area contributed by atoms with E-state index >= 15 is 0 Å². The molecular weight excluding hydrogens is 785 g/mol. The van der Waals surface area contributed by atoms with Gasteiger partial charge < -0.3 is 4.57 Å². The molecule has 0 amide bonds. The van der Waals surface area contributed by atoms with Crippen LogP contribution in [0.1, 0.15) is 24.0 Å². The normalized spacial score (nSPS) is 13.0. The molecule has 13 rings (SSSR count). The van der Waals surface area contributed by atoms with Crippen molar-refractivity contribution in [3.05, 3.63) is 242 Å². The van der Waals surface area contributed by atoms with Crippen molar-refractivity contribution in [3.63, 3.8) is 0 Å². The van der Waals surface area contributed by atoms with Crippen LogP contribution in [0.5, 0.6) is 0 Å². The zero-order valence-electron chi connectivity index (χ0n) is 35.7. The molecule has 0 aliphatic heterocycles. The van der Waals surface area contributed by atoms with Crippen molar-refractivity contribution in [2.24, 2.45) is 0 Å². The monoisotopic (exact) mass is 826 g/mol. The standard InChI is InChI=1S/C63H42N2/c1-2-15-48(16-3-1)65-59-37-38-64-40-58(59)63-50(23-12-24-60(63)65)44-30-28-43(29-31-44)49-35-36-57(52-18-7-6-17-51(49)52)62-55-21-10-8-19-53(55)61(54-20-9-11-22-56(54)62)45-32-25-42(26-33-45)47-34-27-41-13-4-5-14-46(41)39-47/h1-25,27-32,34-40H,26,33H2. The van der Waals surface area contributed by atoms with Crippen LogP contribution in [0.25, 0.3) is 115 Å². The van der Waals surface area contributed by atoms with Crippen LogP contribution in [0.3, 0.4) is 0 Å². The first-order valence-corrected chi connectivity index (χ1v) is 22.6. The van der Waals surface area contributed by atoms with Gasteiger partial charge in [0.2, 0.25) is 0 Å². The van der Waals surface area contributed by atoms with E-state index in [4.69, 9.17) is 0 Å². The summed E-state index contributed by atoms with van der Waals surface area (Å²) in [6.45, 7) is 0. The zero-order chi connectivity index (χ0) is 42.8. The highest BCUT2D eigenvalue weighted by molar-refractivity contribution is 6.22. The van der Waals surface area contributed by atoms with Gasteiger partial charge in [-0.25, -0.2) is 0 Å². The van der Waals surface area contributed by atoms with Crippen molar-refractivity contribution in [3.8, 4) is 39.1 Å². The second-order valence-corrected chi connectivity index (χ2v) is 17.3. The third-order valence-electron chi connectivity index (χ3n) is 13.8. The molecule has 10 aromatic carbocycles. The largest absolute Gasteiger partial charge is 0.309 e. The van der Waals surface area contributed by atoms with E-state index in [1.807, 2.05) is 12.4 Å². The van der Waals surface area contributed by atoms with Crippen LogP contribution in [0.2, 0.25) is 0 Å². The smallest absolute Gasteiger partial charge is 0.0572 e. The number of hydrogen-bond donors (Lipinski definition) is 0. The molecule has 2 nitrogen and oxygen atoms in total. The molecule has 304 valence electrons. The number of fused-ring (bicyclic) bond motifs is 7. The van der Waals surface area contributed by atoms with Crippen LogP contribution in [-0.2, 0) is 0 Å². The maximum atomic E-state index is 4.58. The molecule has 2 heterocycles. The van der Waals surface area contributed by atoms with Crippen molar-refractivity contribution in [2.75, 3.05) is 0 Å². The van der Waals surface area contributed by atoms with Gasteiger partial charge in [-0.3, -0.25) is 4.98 Å². The lowest BCUT2D eigenvalue weighted by molar-refractivity contribution is 1.08. The molecule has 1 aliphatic carbocycles. The minimum atomic E-state index is 0.992. The van der Waals surface area contributed by atoms with Crippen molar-refractivity contribution in [1.82, 2.24) is 9.55 Å². The molecule has 0 fully saturated rings. The first kappa shape index (κ1) is 37.2. The fourth-order valence-corrected chi connectivity index (χ4v) is 10.8. The van der Waals surface area contributed by atoms with E-state index in [9.17, 15) is 0 Å². The van der Waals surface area contributed by atoms with Crippen LogP contribution in [-0.4, -0.2) is 9.55 Å². The molecule has 0 unspecified atom stereocenters. The maximum absolute atomic E-state index is 4.58. The van der Waals surface area contributed by atoms with Gasteiger partial charge in [0, 0.05) is 28.9 Å². The van der Waals surface area contributed by atoms with Gasteiger partial charge >= 0.3 is 0 Å². The Morgan fingerprint density at radius 3 is 1.63 bits per heavy atom. The lowest BCUT2D eigenvalue weighted by Gasteiger charge is -2.22. The SMILES string of the molecule is C1=C(c2ccc3ccccc3c2)CCC(c2c3ccccc3c(-c3ccc(-c4ccc(-c5cccc6c5c5cnccc5n6-c5ccccc5)cc4)c4ccccc34)c3ccccc23)=C1. The van der Waals surface area contributed by atoms with Crippen LogP contribution in [0.4, 0.5) is 0 Å². The van der Waals surface area contributed by atoms with Crippen LogP contribution < -0.4 is 0 Å². The summed E-state index contributed by atoms with van der Waals surface area (Å²) in [6, 6.07) is 75.9. The number of rotatable bonds is 6. The minimum absolute atomic E-state index is 0.992. The van der Waals surface area contributed by atoms with Crippen LogP contribution >= 0.6 is 0 Å². The first-order chi connectivity index (χ1) is 32.3. The number of hydrogen-bond acceptors (Lipinski definition) is 1. The molecule has 0 saturated heterocycles. The molecule has 0 radical (unpaired) electrons. The van der Waals surface area contributed by atoms with Gasteiger partial charge in [-0.1, -0.05) is 188 Å². The second kappa shape index (κ2) is 15.2. The molecule has 2 heteroatoms. The Balaban J connectivity index is 0.917. The third-order valence-corrected chi connectivity index (χ3v) is 13.8. The molecule has 1 aliphatic rings. The van der Waals surface area contributed by atoms with E-state index in [0.29, 0.717) is 0 Å². The van der Waals surface area contributed by atoms with Crippen molar-refractivity contribution >= 4 is 76.0 Å². The molecule has 12 aromatic rings. The van der Waals surface area contributed by atoms with E-state index < -0.39 is 0 Å². The molecular formula is C63H42N2.